The smallest absolute Gasteiger partial charge is 0.232 e. The van der Waals surface area contributed by atoms with Gasteiger partial charge in [0, 0.05) is 45.3 Å². The molecule has 0 bridgehead atoms. The van der Waals surface area contributed by atoms with Crippen molar-refractivity contribution in [2.24, 2.45) is 5.92 Å². The predicted molar refractivity (Wildman–Crippen MR) is 109 cm³/mol. The first-order valence-corrected chi connectivity index (χ1v) is 10.0. The Morgan fingerprint density at radius 3 is 2.92 bits per heavy atom. The second-order valence-electron chi connectivity index (χ2n) is 6.90. The number of hydrogen-bond acceptors (Lipinski definition) is 6. The van der Waals surface area contributed by atoms with Gasteiger partial charge in [0.1, 0.15) is 11.0 Å². The van der Waals surface area contributed by atoms with Crippen molar-refractivity contribution in [1.82, 2.24) is 20.2 Å². The number of halogens is 1. The molecule has 7 nitrogen and oxygen atoms in total. The third kappa shape index (κ3) is 5.90. The van der Waals surface area contributed by atoms with Crippen LogP contribution in [0.4, 0.5) is 11.8 Å². The van der Waals surface area contributed by atoms with Crippen molar-refractivity contribution in [2.75, 3.05) is 62.7 Å². The fraction of sp³-hybridized carbons (Fsp3) is 0.706. The van der Waals surface area contributed by atoms with Gasteiger partial charge in [0.05, 0.1) is 13.2 Å². The molecule has 1 aromatic rings. The van der Waals surface area contributed by atoms with E-state index in [1.807, 2.05) is 6.07 Å². The largest absolute Gasteiger partial charge is 0.379 e. The summed E-state index contributed by atoms with van der Waals surface area (Å²) in [5.74, 6) is 1.96. The van der Waals surface area contributed by atoms with E-state index in [0.29, 0.717) is 22.1 Å². The molecule has 1 atom stereocenters. The normalized spacial score (nSPS) is 21.5. The number of morpholine rings is 1. The maximum Gasteiger partial charge on any atom is 0.232 e. The molecule has 0 aromatic carbocycles. The van der Waals surface area contributed by atoms with Gasteiger partial charge in [0.15, 0.2) is 5.11 Å². The van der Waals surface area contributed by atoms with Crippen molar-refractivity contribution in [3.63, 3.8) is 0 Å². The first-order valence-electron chi connectivity index (χ1n) is 9.24. The molecule has 0 radical (unpaired) electrons. The Balaban J connectivity index is 1.51. The predicted octanol–water partition coefficient (Wildman–Crippen LogP) is 1.98. The molecule has 0 spiro atoms. The molecule has 3 heterocycles. The van der Waals surface area contributed by atoms with Crippen LogP contribution in [-0.2, 0) is 4.74 Å². The zero-order valence-electron chi connectivity index (χ0n) is 15.2. The van der Waals surface area contributed by atoms with Gasteiger partial charge in [-0.3, -0.25) is 4.90 Å². The van der Waals surface area contributed by atoms with E-state index < -0.39 is 0 Å². The first kappa shape index (κ1) is 19.5. The van der Waals surface area contributed by atoms with Gasteiger partial charge in [-0.1, -0.05) is 18.5 Å². The summed E-state index contributed by atoms with van der Waals surface area (Å²) >= 11 is 11.6. The number of rotatable bonds is 5. The third-order valence-corrected chi connectivity index (χ3v) is 5.15. The number of ether oxygens (including phenoxy) is 1. The van der Waals surface area contributed by atoms with Crippen LogP contribution in [0.15, 0.2) is 6.07 Å². The van der Waals surface area contributed by atoms with Crippen molar-refractivity contribution >= 4 is 40.7 Å². The maximum absolute atomic E-state index is 6.19. The molecule has 0 aliphatic carbocycles. The molecule has 2 aliphatic heterocycles. The zero-order valence-corrected chi connectivity index (χ0v) is 16.8. The van der Waals surface area contributed by atoms with Crippen molar-refractivity contribution in [3.8, 4) is 0 Å². The minimum atomic E-state index is 0.423. The van der Waals surface area contributed by atoms with E-state index in [0.717, 1.165) is 58.3 Å². The van der Waals surface area contributed by atoms with Crippen LogP contribution in [-0.4, -0.2) is 72.5 Å². The Morgan fingerprint density at radius 1 is 1.35 bits per heavy atom. The van der Waals surface area contributed by atoms with Crippen molar-refractivity contribution in [2.45, 2.75) is 19.8 Å². The summed E-state index contributed by atoms with van der Waals surface area (Å²) in [7, 11) is 0. The highest BCUT2D eigenvalue weighted by Crippen LogP contribution is 2.24. The monoisotopic (exact) mass is 398 g/mol. The van der Waals surface area contributed by atoms with Gasteiger partial charge in [0.2, 0.25) is 5.95 Å². The number of anilines is 2. The zero-order chi connectivity index (χ0) is 18.4. The fourth-order valence-electron chi connectivity index (χ4n) is 3.32. The average Bonchev–Trinajstić information content (AvgIpc) is 2.62. The van der Waals surface area contributed by atoms with Crippen molar-refractivity contribution in [3.05, 3.63) is 11.2 Å². The molecule has 2 aliphatic rings. The molecular weight excluding hydrogens is 372 g/mol. The van der Waals surface area contributed by atoms with E-state index in [1.54, 1.807) is 0 Å². The second kappa shape index (κ2) is 9.64. The Labute approximate surface area is 165 Å². The number of nitrogens with one attached hydrogen (secondary N) is 2. The minimum absolute atomic E-state index is 0.423. The summed E-state index contributed by atoms with van der Waals surface area (Å²) in [5, 5.41) is 7.20. The van der Waals surface area contributed by atoms with Gasteiger partial charge < -0.3 is 20.3 Å². The van der Waals surface area contributed by atoms with Gasteiger partial charge >= 0.3 is 0 Å². The molecule has 144 valence electrons. The van der Waals surface area contributed by atoms with E-state index >= 15 is 0 Å². The Bertz CT molecular complexity index is 613. The molecule has 3 rings (SSSR count). The van der Waals surface area contributed by atoms with Crippen LogP contribution >= 0.6 is 23.8 Å². The quantitative estimate of drug-likeness (QED) is 0.576. The van der Waals surface area contributed by atoms with Crippen molar-refractivity contribution in [1.29, 1.82) is 0 Å². The van der Waals surface area contributed by atoms with Crippen LogP contribution in [0.25, 0.3) is 0 Å². The molecular formula is C17H27ClN6OS. The van der Waals surface area contributed by atoms with Crippen LogP contribution in [0.3, 0.4) is 0 Å². The van der Waals surface area contributed by atoms with E-state index in [-0.39, 0.29) is 0 Å². The van der Waals surface area contributed by atoms with Gasteiger partial charge in [0.25, 0.3) is 0 Å². The van der Waals surface area contributed by atoms with Crippen LogP contribution in [0.2, 0.25) is 5.15 Å². The number of thiocarbonyl (C=S) groups is 1. The molecule has 1 aromatic heterocycles. The van der Waals surface area contributed by atoms with Gasteiger partial charge in [-0.2, -0.15) is 4.98 Å². The fourth-order valence-corrected chi connectivity index (χ4v) is 3.69. The molecule has 0 amide bonds. The topological polar surface area (TPSA) is 65.6 Å². The highest BCUT2D eigenvalue weighted by molar-refractivity contribution is 7.80. The number of aromatic nitrogens is 2. The van der Waals surface area contributed by atoms with Crippen LogP contribution in [0, 0.1) is 5.92 Å². The molecule has 26 heavy (non-hydrogen) atoms. The maximum atomic E-state index is 6.19. The average molecular weight is 399 g/mol. The van der Waals surface area contributed by atoms with Crippen LogP contribution in [0.1, 0.15) is 19.8 Å². The first-order chi connectivity index (χ1) is 12.6. The highest BCUT2D eigenvalue weighted by atomic mass is 35.5. The Morgan fingerprint density at radius 2 is 2.15 bits per heavy atom. The van der Waals surface area contributed by atoms with E-state index in [2.05, 4.69) is 37.3 Å². The Kier molecular flexibility index (Phi) is 7.24. The van der Waals surface area contributed by atoms with Gasteiger partial charge in [-0.25, -0.2) is 4.98 Å². The highest BCUT2D eigenvalue weighted by Gasteiger charge is 2.19. The Hall–Kier alpha value is -1.22. The third-order valence-electron chi connectivity index (χ3n) is 4.71. The van der Waals surface area contributed by atoms with Gasteiger partial charge in [-0.15, -0.1) is 0 Å². The standard InChI is InChI=1S/C17H27ClN6OS/c1-13-3-2-5-24(12-13)15-11-14(18)20-16(21-15)22-17(26)19-4-6-23-7-9-25-10-8-23/h11,13H,2-10,12H2,1H3,(H2,19,20,21,22,26)/t13-/m1/s1. The molecule has 0 saturated carbocycles. The lowest BCUT2D eigenvalue weighted by molar-refractivity contribution is 0.0389. The number of nitrogens with zero attached hydrogens (tertiary/aromatic N) is 4. The molecule has 0 unspecified atom stereocenters. The van der Waals surface area contributed by atoms with E-state index in [1.165, 1.54) is 12.8 Å². The number of piperidine rings is 1. The number of hydrogen-bond donors (Lipinski definition) is 2. The summed E-state index contributed by atoms with van der Waals surface area (Å²) < 4.78 is 5.35. The summed E-state index contributed by atoms with van der Waals surface area (Å²) in [6.07, 6.45) is 2.44. The summed E-state index contributed by atoms with van der Waals surface area (Å²) in [6, 6.07) is 1.82. The molecule has 2 N–H and O–H groups in total. The second-order valence-corrected chi connectivity index (χ2v) is 7.70. The minimum Gasteiger partial charge on any atom is -0.379 e. The van der Waals surface area contributed by atoms with Gasteiger partial charge in [-0.05, 0) is 31.0 Å². The van der Waals surface area contributed by atoms with Crippen LogP contribution < -0.4 is 15.5 Å². The van der Waals surface area contributed by atoms with Crippen LogP contribution in [0.5, 0.6) is 0 Å². The summed E-state index contributed by atoms with van der Waals surface area (Å²) in [4.78, 5) is 13.5. The van der Waals surface area contributed by atoms with Crippen molar-refractivity contribution < 1.29 is 4.74 Å². The molecule has 2 fully saturated rings. The SMILES string of the molecule is C[C@@H]1CCCN(c2cc(Cl)nc(NC(=S)NCCN3CCOCC3)n2)C1. The molecule has 2 saturated heterocycles. The molecule has 9 heteroatoms. The van der Waals surface area contributed by atoms with E-state index in [9.17, 15) is 0 Å². The lowest BCUT2D eigenvalue weighted by Gasteiger charge is -2.32. The lowest BCUT2D eigenvalue weighted by atomic mass is 10.0. The summed E-state index contributed by atoms with van der Waals surface area (Å²) in [6.45, 7) is 9.50. The van der Waals surface area contributed by atoms with E-state index in [4.69, 9.17) is 28.6 Å². The summed E-state index contributed by atoms with van der Waals surface area (Å²) in [5.41, 5.74) is 0. The lowest BCUT2D eigenvalue weighted by Crippen LogP contribution is -2.42.